The minimum absolute atomic E-state index is 0.0568. The van der Waals surface area contributed by atoms with Gasteiger partial charge >= 0.3 is 0 Å². The first-order valence-electron chi connectivity index (χ1n) is 6.36. The van der Waals surface area contributed by atoms with E-state index in [1.165, 1.54) is 6.26 Å². The fourth-order valence-electron chi connectivity index (χ4n) is 2.28. The molecule has 1 N–H and O–H groups in total. The summed E-state index contributed by atoms with van der Waals surface area (Å²) >= 11 is 3.22. The minimum atomic E-state index is -0.0568. The van der Waals surface area contributed by atoms with Crippen molar-refractivity contribution in [3.05, 3.63) is 22.6 Å². The molecule has 100 valence electrons. The SMILES string of the molecule is CC(C)N1CCC(NC(=O)c2ccoc2Br)CC1. The Morgan fingerprint density at radius 1 is 1.50 bits per heavy atom. The molecule has 1 amide bonds. The van der Waals surface area contributed by atoms with Crippen LogP contribution in [0.4, 0.5) is 0 Å². The molecule has 1 fully saturated rings. The quantitative estimate of drug-likeness (QED) is 0.933. The predicted molar refractivity (Wildman–Crippen MR) is 73.6 cm³/mol. The number of amides is 1. The fraction of sp³-hybridized carbons (Fsp3) is 0.615. The predicted octanol–water partition coefficient (Wildman–Crippen LogP) is 2.64. The number of furan rings is 1. The molecule has 2 rings (SSSR count). The summed E-state index contributed by atoms with van der Waals surface area (Å²) in [6, 6.07) is 2.54. The van der Waals surface area contributed by atoms with Gasteiger partial charge in [-0.3, -0.25) is 4.79 Å². The zero-order valence-electron chi connectivity index (χ0n) is 10.8. The maximum atomic E-state index is 12.0. The highest BCUT2D eigenvalue weighted by molar-refractivity contribution is 9.10. The van der Waals surface area contributed by atoms with Crippen LogP contribution in [0.1, 0.15) is 37.0 Å². The van der Waals surface area contributed by atoms with Crippen molar-refractivity contribution in [3.8, 4) is 0 Å². The zero-order valence-corrected chi connectivity index (χ0v) is 12.4. The molecule has 5 heteroatoms. The Balaban J connectivity index is 1.85. The first kappa shape index (κ1) is 13.6. The molecule has 0 radical (unpaired) electrons. The van der Waals surface area contributed by atoms with E-state index in [0.717, 1.165) is 25.9 Å². The minimum Gasteiger partial charge on any atom is -0.457 e. The number of nitrogens with one attached hydrogen (secondary N) is 1. The third kappa shape index (κ3) is 3.14. The summed E-state index contributed by atoms with van der Waals surface area (Å²) in [6.45, 7) is 6.52. The van der Waals surface area contributed by atoms with E-state index in [2.05, 4.69) is 40.0 Å². The normalized spacial score (nSPS) is 18.2. The molecule has 1 aliphatic rings. The van der Waals surface area contributed by atoms with Crippen LogP contribution in [-0.4, -0.2) is 36.0 Å². The summed E-state index contributed by atoms with van der Waals surface area (Å²) in [4.78, 5) is 14.4. The highest BCUT2D eigenvalue weighted by atomic mass is 79.9. The largest absolute Gasteiger partial charge is 0.457 e. The Bertz CT molecular complexity index is 409. The Hall–Kier alpha value is -0.810. The van der Waals surface area contributed by atoms with Crippen LogP contribution >= 0.6 is 15.9 Å². The van der Waals surface area contributed by atoms with Crippen LogP contribution in [0.5, 0.6) is 0 Å². The lowest BCUT2D eigenvalue weighted by molar-refractivity contribution is 0.0899. The molecule has 2 heterocycles. The third-order valence-corrected chi connectivity index (χ3v) is 4.07. The number of hydrogen-bond donors (Lipinski definition) is 1. The summed E-state index contributed by atoms with van der Waals surface area (Å²) < 4.78 is 5.57. The molecule has 0 unspecified atom stereocenters. The number of nitrogens with zero attached hydrogens (tertiary/aromatic N) is 1. The molecule has 0 spiro atoms. The highest BCUT2D eigenvalue weighted by Crippen LogP contribution is 2.19. The standard InChI is InChI=1S/C13H19BrN2O2/c1-9(2)16-6-3-10(4-7-16)15-13(17)11-5-8-18-12(11)14/h5,8-10H,3-4,6-7H2,1-2H3,(H,15,17). The van der Waals surface area contributed by atoms with Crippen LogP contribution in [0.2, 0.25) is 0 Å². The van der Waals surface area contributed by atoms with Gasteiger partial charge in [0.25, 0.3) is 5.91 Å². The Kier molecular flexibility index (Phi) is 4.45. The molecule has 0 saturated carbocycles. The zero-order chi connectivity index (χ0) is 13.1. The van der Waals surface area contributed by atoms with Crippen molar-refractivity contribution < 1.29 is 9.21 Å². The lowest BCUT2D eigenvalue weighted by Gasteiger charge is -2.34. The second-order valence-corrected chi connectivity index (χ2v) is 5.71. The van der Waals surface area contributed by atoms with E-state index in [9.17, 15) is 4.79 Å². The van der Waals surface area contributed by atoms with Crippen molar-refractivity contribution in [1.82, 2.24) is 10.2 Å². The molecule has 1 aliphatic heterocycles. The Morgan fingerprint density at radius 2 is 2.17 bits per heavy atom. The molecule has 0 aliphatic carbocycles. The van der Waals surface area contributed by atoms with E-state index in [-0.39, 0.29) is 11.9 Å². The second kappa shape index (κ2) is 5.89. The van der Waals surface area contributed by atoms with Crippen LogP contribution in [0.3, 0.4) is 0 Å². The highest BCUT2D eigenvalue weighted by Gasteiger charge is 2.23. The molecule has 1 saturated heterocycles. The average Bonchev–Trinajstić information content (AvgIpc) is 2.76. The van der Waals surface area contributed by atoms with Crippen molar-refractivity contribution in [2.45, 2.75) is 38.8 Å². The Morgan fingerprint density at radius 3 is 2.67 bits per heavy atom. The van der Waals surface area contributed by atoms with Crippen LogP contribution in [0.25, 0.3) is 0 Å². The van der Waals surface area contributed by atoms with Gasteiger partial charge in [-0.25, -0.2) is 0 Å². The van der Waals surface area contributed by atoms with E-state index in [4.69, 9.17) is 4.42 Å². The van der Waals surface area contributed by atoms with Crippen LogP contribution < -0.4 is 5.32 Å². The molecule has 0 bridgehead atoms. The molecule has 0 atom stereocenters. The molecule has 1 aromatic rings. The summed E-state index contributed by atoms with van der Waals surface area (Å²) in [5, 5.41) is 3.07. The topological polar surface area (TPSA) is 45.5 Å². The lowest BCUT2D eigenvalue weighted by Crippen LogP contribution is -2.46. The van der Waals surface area contributed by atoms with E-state index in [1.807, 2.05) is 0 Å². The van der Waals surface area contributed by atoms with Gasteiger partial charge in [-0.1, -0.05) is 0 Å². The van der Waals surface area contributed by atoms with Crippen LogP contribution in [0, 0.1) is 0 Å². The summed E-state index contributed by atoms with van der Waals surface area (Å²) in [5.41, 5.74) is 0.571. The first-order valence-corrected chi connectivity index (χ1v) is 7.15. The number of carbonyl (C=O) groups excluding carboxylic acids is 1. The molecule has 4 nitrogen and oxygen atoms in total. The molecule has 18 heavy (non-hydrogen) atoms. The molecular formula is C13H19BrN2O2. The van der Waals surface area contributed by atoms with Gasteiger partial charge in [-0.15, -0.1) is 0 Å². The van der Waals surface area contributed by atoms with Gasteiger partial charge in [0, 0.05) is 25.2 Å². The maximum Gasteiger partial charge on any atom is 0.255 e. The number of halogens is 1. The molecule has 1 aromatic heterocycles. The smallest absolute Gasteiger partial charge is 0.255 e. The van der Waals surface area contributed by atoms with Gasteiger partial charge in [0.05, 0.1) is 11.8 Å². The van der Waals surface area contributed by atoms with E-state index in [1.54, 1.807) is 6.07 Å². The first-order chi connectivity index (χ1) is 8.58. The monoisotopic (exact) mass is 314 g/mol. The molecular weight excluding hydrogens is 296 g/mol. The van der Waals surface area contributed by atoms with Crippen molar-refractivity contribution >= 4 is 21.8 Å². The van der Waals surface area contributed by atoms with Crippen LogP contribution in [-0.2, 0) is 0 Å². The lowest BCUT2D eigenvalue weighted by atomic mass is 10.0. The number of rotatable bonds is 3. The average molecular weight is 315 g/mol. The van der Waals surface area contributed by atoms with Gasteiger partial charge in [-0.05, 0) is 48.7 Å². The third-order valence-electron chi connectivity index (χ3n) is 3.46. The number of hydrogen-bond acceptors (Lipinski definition) is 3. The summed E-state index contributed by atoms with van der Waals surface area (Å²) in [6.07, 6.45) is 3.54. The van der Waals surface area contributed by atoms with Crippen molar-refractivity contribution in [2.75, 3.05) is 13.1 Å². The van der Waals surface area contributed by atoms with Gasteiger partial charge < -0.3 is 14.6 Å². The number of carbonyl (C=O) groups is 1. The summed E-state index contributed by atoms with van der Waals surface area (Å²) in [5.74, 6) is -0.0568. The maximum absolute atomic E-state index is 12.0. The summed E-state index contributed by atoms with van der Waals surface area (Å²) in [7, 11) is 0. The van der Waals surface area contributed by atoms with E-state index in [0.29, 0.717) is 16.3 Å². The van der Waals surface area contributed by atoms with Crippen LogP contribution in [0.15, 0.2) is 21.4 Å². The Labute approximate surface area is 116 Å². The molecule has 0 aromatic carbocycles. The second-order valence-electron chi connectivity index (χ2n) is 4.99. The fourth-order valence-corrected chi connectivity index (χ4v) is 2.70. The van der Waals surface area contributed by atoms with E-state index >= 15 is 0 Å². The number of piperidine rings is 1. The van der Waals surface area contributed by atoms with Crippen molar-refractivity contribution in [2.24, 2.45) is 0 Å². The number of likely N-dealkylation sites (tertiary alicyclic amines) is 1. The van der Waals surface area contributed by atoms with Crippen molar-refractivity contribution in [3.63, 3.8) is 0 Å². The van der Waals surface area contributed by atoms with Gasteiger partial charge in [0.2, 0.25) is 0 Å². The van der Waals surface area contributed by atoms with E-state index < -0.39 is 0 Å². The van der Waals surface area contributed by atoms with Gasteiger partial charge in [0.1, 0.15) is 0 Å². The van der Waals surface area contributed by atoms with Crippen molar-refractivity contribution in [1.29, 1.82) is 0 Å². The van der Waals surface area contributed by atoms with Gasteiger partial charge in [0.15, 0.2) is 4.67 Å². The van der Waals surface area contributed by atoms with Gasteiger partial charge in [-0.2, -0.15) is 0 Å².